The second kappa shape index (κ2) is 6.99. The van der Waals surface area contributed by atoms with Crippen LogP contribution in [0.5, 0.6) is 0 Å². The first-order chi connectivity index (χ1) is 14.9. The average molecular weight is 400 g/mol. The van der Waals surface area contributed by atoms with Gasteiger partial charge in [0.2, 0.25) is 11.4 Å². The summed E-state index contributed by atoms with van der Waals surface area (Å²) >= 11 is 0. The predicted octanol–water partition coefficient (Wildman–Crippen LogP) is 7.14. The third-order valence-electron chi connectivity index (χ3n) is 5.63. The molecule has 0 aliphatic carbocycles. The molecule has 0 atom stereocenters. The lowest BCUT2D eigenvalue weighted by molar-refractivity contribution is -0.666. The van der Waals surface area contributed by atoms with E-state index >= 15 is 0 Å². The molecular weight excluding hydrogens is 368 g/mol. The van der Waals surface area contributed by atoms with Crippen LogP contribution in [-0.4, -0.2) is 0 Å². The molecule has 30 heavy (non-hydrogen) atoms. The molecule has 0 saturated carbocycles. The molecule has 2 aromatic carbocycles. The topological polar surface area (TPSA) is 21.4 Å². The van der Waals surface area contributed by atoms with E-state index in [-0.39, 0.29) is 0 Å². The molecule has 2 heterocycles. The van der Waals surface area contributed by atoms with E-state index in [4.69, 9.17) is 13.7 Å². The van der Waals surface area contributed by atoms with Gasteiger partial charge in [0.05, 0.1) is 12.1 Å². The molecule has 0 bridgehead atoms. The van der Waals surface area contributed by atoms with Crippen LogP contribution in [0.3, 0.4) is 0 Å². The van der Waals surface area contributed by atoms with Crippen molar-refractivity contribution in [1.82, 2.24) is 0 Å². The molecule has 0 radical (unpaired) electrons. The van der Waals surface area contributed by atoms with Crippen molar-refractivity contribution in [3.05, 3.63) is 70.2 Å². The van der Waals surface area contributed by atoms with Gasteiger partial charge < -0.3 is 4.42 Å². The van der Waals surface area contributed by atoms with Gasteiger partial charge in [-0.2, -0.15) is 4.57 Å². The van der Waals surface area contributed by atoms with E-state index in [1.54, 1.807) is 0 Å². The highest BCUT2D eigenvalue weighted by molar-refractivity contribution is 6.14. The maximum Gasteiger partial charge on any atom is 0.229 e. The number of aromatic nitrogens is 1. The number of aryl methyl sites for hydroxylation is 3. The maximum absolute atomic E-state index is 8.83. The quantitative estimate of drug-likeness (QED) is 0.259. The number of nitrogens with zero attached hydrogens (tertiary/aromatic N) is 2. The van der Waals surface area contributed by atoms with Crippen LogP contribution in [0, 0.1) is 32.8 Å². The van der Waals surface area contributed by atoms with Crippen molar-refractivity contribution in [1.29, 1.82) is 0 Å². The van der Waals surface area contributed by atoms with E-state index in [0.717, 1.165) is 44.4 Å². The monoisotopic (exact) mass is 399 g/mol. The maximum atomic E-state index is 8.83. The zero-order chi connectivity index (χ0) is 23.6. The minimum absolute atomic E-state index is 0.503. The minimum atomic E-state index is -1.51. The molecule has 152 valence electrons. The molecular formula is C27H29N2O+. The lowest BCUT2D eigenvalue weighted by Crippen LogP contribution is -2.35. The zero-order valence-electron chi connectivity index (χ0n) is 20.8. The number of hydrogen-bond acceptors (Lipinski definition) is 1. The fraction of sp³-hybridized carbons (Fsp3) is 0.333. The third-order valence-corrected chi connectivity index (χ3v) is 5.63. The first-order valence-corrected chi connectivity index (χ1v) is 10.2. The number of rotatable bonds is 2. The Bertz CT molecular complexity index is 1430. The van der Waals surface area contributed by atoms with E-state index < -0.39 is 11.8 Å². The van der Waals surface area contributed by atoms with Crippen molar-refractivity contribution in [2.45, 2.75) is 47.9 Å². The summed E-state index contributed by atoms with van der Waals surface area (Å²) in [6.07, 6.45) is -1.51. The van der Waals surface area contributed by atoms with E-state index in [1.807, 2.05) is 72.9 Å². The minimum Gasteiger partial charge on any atom is -0.466 e. The normalized spacial score (nSPS) is 13.4. The largest absolute Gasteiger partial charge is 0.466 e. The van der Waals surface area contributed by atoms with Crippen LogP contribution in [0.1, 0.15) is 45.9 Å². The van der Waals surface area contributed by atoms with Gasteiger partial charge in [0.1, 0.15) is 18.2 Å². The molecule has 4 aromatic rings. The van der Waals surface area contributed by atoms with Crippen molar-refractivity contribution < 1.29 is 11.7 Å². The molecule has 0 saturated heterocycles. The van der Waals surface area contributed by atoms with E-state index in [9.17, 15) is 0 Å². The van der Waals surface area contributed by atoms with Crippen LogP contribution < -0.4 is 4.57 Å². The molecule has 0 aliphatic rings. The number of fused-ring (bicyclic) bond motifs is 3. The Kier molecular flexibility index (Phi) is 4.13. The van der Waals surface area contributed by atoms with Gasteiger partial charge in [0.25, 0.3) is 0 Å². The predicted molar refractivity (Wildman–Crippen MR) is 124 cm³/mol. The van der Waals surface area contributed by atoms with Gasteiger partial charge in [-0.3, -0.25) is 0 Å². The molecule has 0 amide bonds. The summed E-state index contributed by atoms with van der Waals surface area (Å²) in [4.78, 5) is 3.67. The van der Waals surface area contributed by atoms with Gasteiger partial charge in [-0.05, 0) is 42.3 Å². The Morgan fingerprint density at radius 3 is 2.40 bits per heavy atom. The molecule has 3 heteroatoms. The van der Waals surface area contributed by atoms with Crippen molar-refractivity contribution in [2.24, 2.45) is 12.5 Å². The number of benzene rings is 2. The standard InChI is InChI=1S/C27H29N2O/c1-16-10-12-21(28-7)26-23(16)20-11-9-17(2)24(25(20)30-26)22-14-19(15-27(4,5)6)13-18(3)29(22)8/h9-14H,15H2,1-6,8H3/q+1/i15D2. The van der Waals surface area contributed by atoms with Crippen LogP contribution >= 0.6 is 0 Å². The lowest BCUT2D eigenvalue weighted by Gasteiger charge is -2.18. The summed E-state index contributed by atoms with van der Waals surface area (Å²) in [7, 11) is 2.00. The van der Waals surface area contributed by atoms with Gasteiger partial charge in [0, 0.05) is 32.6 Å². The van der Waals surface area contributed by atoms with Gasteiger partial charge >= 0.3 is 0 Å². The Morgan fingerprint density at radius 2 is 1.73 bits per heavy atom. The second-order valence-corrected chi connectivity index (χ2v) is 9.16. The first-order valence-electron chi connectivity index (χ1n) is 11.2. The smallest absolute Gasteiger partial charge is 0.229 e. The van der Waals surface area contributed by atoms with Crippen molar-refractivity contribution >= 4 is 27.6 Å². The summed E-state index contributed by atoms with van der Waals surface area (Å²) in [6.45, 7) is 19.4. The Labute approximate surface area is 181 Å². The molecule has 4 rings (SSSR count). The van der Waals surface area contributed by atoms with Crippen molar-refractivity contribution in [2.75, 3.05) is 0 Å². The second-order valence-electron chi connectivity index (χ2n) is 9.16. The zero-order valence-corrected chi connectivity index (χ0v) is 18.8. The summed E-state index contributed by atoms with van der Waals surface area (Å²) in [6, 6.07) is 11.8. The third kappa shape index (κ3) is 3.27. The highest BCUT2D eigenvalue weighted by atomic mass is 16.3. The summed E-state index contributed by atoms with van der Waals surface area (Å²) in [5.74, 6) is 0. The summed E-state index contributed by atoms with van der Waals surface area (Å²) in [5, 5.41) is 1.95. The SMILES string of the molecule is [2H]C([2H])(c1cc(C)[n+](C)c(-c2c(C)ccc3c2oc2c([N+]#[C-])ccc(C)c23)c1)C(C)(C)C. The fourth-order valence-corrected chi connectivity index (χ4v) is 4.14. The number of pyridine rings is 1. The Hall–Kier alpha value is -3.12. The van der Waals surface area contributed by atoms with E-state index in [2.05, 4.69) is 21.5 Å². The molecule has 0 spiro atoms. The number of hydrogen-bond donors (Lipinski definition) is 0. The van der Waals surface area contributed by atoms with Crippen LogP contribution in [0.15, 0.2) is 40.8 Å². The number of furan rings is 1. The highest BCUT2D eigenvalue weighted by Gasteiger charge is 2.25. The molecule has 2 aromatic heterocycles. The van der Waals surface area contributed by atoms with Crippen molar-refractivity contribution in [3.8, 4) is 11.3 Å². The van der Waals surface area contributed by atoms with Crippen LogP contribution in [0.4, 0.5) is 5.69 Å². The van der Waals surface area contributed by atoms with Gasteiger partial charge in [-0.25, -0.2) is 4.85 Å². The molecule has 0 unspecified atom stereocenters. The highest BCUT2D eigenvalue weighted by Crippen LogP contribution is 2.41. The molecule has 0 N–H and O–H groups in total. The first kappa shape index (κ1) is 17.7. The van der Waals surface area contributed by atoms with Crippen molar-refractivity contribution in [3.63, 3.8) is 0 Å². The Morgan fingerprint density at radius 1 is 1.03 bits per heavy atom. The van der Waals surface area contributed by atoms with Gasteiger partial charge in [-0.15, -0.1) is 0 Å². The molecule has 0 aliphatic heterocycles. The van der Waals surface area contributed by atoms with Crippen LogP contribution in [0.25, 0.3) is 38.0 Å². The van der Waals surface area contributed by atoms with E-state index in [0.29, 0.717) is 16.8 Å². The molecule has 0 fully saturated rings. The molecule has 3 nitrogen and oxygen atoms in total. The van der Waals surface area contributed by atoms with E-state index in [1.165, 1.54) is 0 Å². The Balaban J connectivity index is 2.13. The summed E-state index contributed by atoms with van der Waals surface area (Å²) in [5.41, 5.74) is 6.87. The van der Waals surface area contributed by atoms with Crippen LogP contribution in [-0.2, 0) is 13.4 Å². The fourth-order valence-electron chi connectivity index (χ4n) is 4.14. The summed E-state index contributed by atoms with van der Waals surface area (Å²) < 4.78 is 26.1. The van der Waals surface area contributed by atoms with Gasteiger partial charge in [0.15, 0.2) is 5.69 Å². The lowest BCUT2D eigenvalue weighted by atomic mass is 9.87. The van der Waals surface area contributed by atoms with Gasteiger partial charge in [-0.1, -0.05) is 45.0 Å². The van der Waals surface area contributed by atoms with Crippen LogP contribution in [0.2, 0.25) is 0 Å². The average Bonchev–Trinajstić information content (AvgIpc) is 3.10.